The topological polar surface area (TPSA) is 63.6 Å². The third-order valence-corrected chi connectivity index (χ3v) is 7.36. The first-order valence-electron chi connectivity index (χ1n) is 9.21. The molecule has 27 heavy (non-hydrogen) atoms. The molecule has 0 aromatic heterocycles. The highest BCUT2D eigenvalue weighted by Gasteiger charge is 2.43. The minimum absolute atomic E-state index is 0.254. The summed E-state index contributed by atoms with van der Waals surface area (Å²) < 4.78 is 32.2. The van der Waals surface area contributed by atoms with Crippen LogP contribution < -0.4 is 0 Å². The molecule has 1 aliphatic rings. The number of ether oxygens (including phenoxy) is 1. The van der Waals surface area contributed by atoms with E-state index in [4.69, 9.17) is 4.74 Å². The Labute approximate surface area is 161 Å². The van der Waals surface area contributed by atoms with E-state index in [1.165, 1.54) is 0 Å². The molecule has 0 radical (unpaired) electrons. The molecule has 0 spiro atoms. The number of allylic oxidation sites excluding steroid dienone is 1. The molecule has 0 saturated carbocycles. The zero-order valence-corrected chi connectivity index (χ0v) is 16.5. The molecule has 2 aromatic rings. The molecule has 2 aromatic carbocycles. The van der Waals surface area contributed by atoms with E-state index in [1.807, 2.05) is 37.3 Å². The van der Waals surface area contributed by atoms with Crippen LogP contribution in [-0.2, 0) is 21.2 Å². The maximum absolute atomic E-state index is 13.1. The van der Waals surface area contributed by atoms with Crippen molar-refractivity contribution in [3.8, 4) is 0 Å². The van der Waals surface area contributed by atoms with Gasteiger partial charge in [-0.1, -0.05) is 61.5 Å². The Balaban J connectivity index is 1.82. The van der Waals surface area contributed by atoms with E-state index in [2.05, 4.69) is 0 Å². The summed E-state index contributed by atoms with van der Waals surface area (Å²) in [4.78, 5) is 0.525. The van der Waals surface area contributed by atoms with Gasteiger partial charge in [0.05, 0.1) is 28.1 Å². The molecule has 1 aliphatic carbocycles. The molecule has 3 rings (SSSR count). The Morgan fingerprint density at radius 2 is 1.67 bits per heavy atom. The minimum Gasteiger partial charge on any atom is -0.389 e. The Kier molecular flexibility index (Phi) is 5.84. The normalized spacial score (nSPS) is 26.3. The van der Waals surface area contributed by atoms with Gasteiger partial charge in [-0.2, -0.15) is 0 Å². The Hall–Kier alpha value is -1.95. The number of rotatable bonds is 5. The van der Waals surface area contributed by atoms with Gasteiger partial charge in [0.1, 0.15) is 0 Å². The zero-order chi connectivity index (χ0) is 19.5. The van der Waals surface area contributed by atoms with Crippen molar-refractivity contribution in [2.45, 2.75) is 49.9 Å². The number of aliphatic hydroxyl groups is 1. The van der Waals surface area contributed by atoms with Crippen molar-refractivity contribution in [3.05, 3.63) is 77.2 Å². The number of hydrogen-bond acceptors (Lipinski definition) is 4. The van der Waals surface area contributed by atoms with Gasteiger partial charge in [0, 0.05) is 5.92 Å². The fourth-order valence-corrected chi connectivity index (χ4v) is 5.33. The monoisotopic (exact) mass is 386 g/mol. The van der Waals surface area contributed by atoms with E-state index in [9.17, 15) is 13.5 Å². The first kappa shape index (κ1) is 19.8. The van der Waals surface area contributed by atoms with Crippen molar-refractivity contribution in [2.75, 3.05) is 0 Å². The van der Waals surface area contributed by atoms with Crippen molar-refractivity contribution in [2.24, 2.45) is 5.92 Å². The SMILES string of the molecule is C[C@@H]1C(S(=O)(=O)c2ccccc2)=CCC[C@@](C)(OCc2ccccc2)[C@@H]1O. The molecule has 0 bridgehead atoms. The lowest BCUT2D eigenvalue weighted by molar-refractivity contribution is -0.134. The van der Waals surface area contributed by atoms with Gasteiger partial charge in [0.15, 0.2) is 0 Å². The lowest BCUT2D eigenvalue weighted by Crippen LogP contribution is -2.45. The van der Waals surface area contributed by atoms with Gasteiger partial charge >= 0.3 is 0 Å². The van der Waals surface area contributed by atoms with Crippen LogP contribution >= 0.6 is 0 Å². The molecular weight excluding hydrogens is 360 g/mol. The van der Waals surface area contributed by atoms with Crippen LogP contribution in [0.5, 0.6) is 0 Å². The predicted octanol–water partition coefficient (Wildman–Crippen LogP) is 4.11. The third-order valence-electron chi connectivity index (χ3n) is 5.31. The third kappa shape index (κ3) is 4.15. The molecule has 3 atom stereocenters. The van der Waals surface area contributed by atoms with Crippen LogP contribution in [0, 0.1) is 5.92 Å². The molecule has 0 saturated heterocycles. The van der Waals surface area contributed by atoms with E-state index in [0.717, 1.165) is 5.56 Å². The molecule has 0 unspecified atom stereocenters. The molecule has 4 nitrogen and oxygen atoms in total. The predicted molar refractivity (Wildman–Crippen MR) is 106 cm³/mol. The lowest BCUT2D eigenvalue weighted by Gasteiger charge is -2.36. The molecule has 1 N–H and O–H groups in total. The average Bonchev–Trinajstić information content (AvgIpc) is 2.80. The Morgan fingerprint density at radius 1 is 1.07 bits per heavy atom. The number of sulfone groups is 1. The standard InChI is InChI=1S/C22H26O4S/c1-17-20(27(24,25)19-12-7-4-8-13-19)14-9-15-22(2,21(17)23)26-16-18-10-5-3-6-11-18/h3-8,10-14,17,21,23H,9,15-16H2,1-2H3/t17-,21-,22-/m1/s1. The summed E-state index contributed by atoms with van der Waals surface area (Å²) in [5.74, 6) is -0.557. The Bertz CT molecular complexity index is 890. The molecule has 144 valence electrons. The van der Waals surface area contributed by atoms with Gasteiger partial charge in [-0.15, -0.1) is 0 Å². The van der Waals surface area contributed by atoms with Gasteiger partial charge in [-0.3, -0.25) is 0 Å². The highest BCUT2D eigenvalue weighted by Crippen LogP contribution is 2.38. The van der Waals surface area contributed by atoms with Crippen LogP contribution in [0.4, 0.5) is 0 Å². The fraction of sp³-hybridized carbons (Fsp3) is 0.364. The number of hydrogen-bond donors (Lipinski definition) is 1. The van der Waals surface area contributed by atoms with Crippen LogP contribution in [0.15, 0.2) is 76.5 Å². The van der Waals surface area contributed by atoms with Gasteiger partial charge in [-0.25, -0.2) is 8.42 Å². The van der Waals surface area contributed by atoms with Crippen molar-refractivity contribution < 1.29 is 18.3 Å². The number of benzene rings is 2. The fourth-order valence-electron chi connectivity index (χ4n) is 3.59. The zero-order valence-electron chi connectivity index (χ0n) is 15.7. The van der Waals surface area contributed by atoms with Gasteiger partial charge in [-0.05, 0) is 37.5 Å². The molecule has 0 fully saturated rings. The first-order valence-corrected chi connectivity index (χ1v) is 10.7. The summed E-state index contributed by atoms with van der Waals surface area (Å²) in [6, 6.07) is 18.1. The molecule has 0 aliphatic heterocycles. The maximum Gasteiger partial charge on any atom is 0.202 e. The summed E-state index contributed by atoms with van der Waals surface area (Å²) in [5, 5.41) is 11.0. The van der Waals surface area contributed by atoms with Crippen molar-refractivity contribution in [1.29, 1.82) is 0 Å². The quantitative estimate of drug-likeness (QED) is 0.840. The summed E-state index contributed by atoms with van der Waals surface area (Å²) >= 11 is 0. The number of aliphatic hydroxyl groups excluding tert-OH is 1. The lowest BCUT2D eigenvalue weighted by atomic mass is 9.88. The first-order chi connectivity index (χ1) is 12.8. The second-order valence-corrected chi connectivity index (χ2v) is 9.23. The second-order valence-electron chi connectivity index (χ2n) is 7.28. The van der Waals surface area contributed by atoms with Crippen LogP contribution in [0.3, 0.4) is 0 Å². The molecule has 5 heteroatoms. The second kappa shape index (κ2) is 7.97. The van der Waals surface area contributed by atoms with Gasteiger partial charge < -0.3 is 9.84 Å². The van der Waals surface area contributed by atoms with Gasteiger partial charge in [0.2, 0.25) is 9.84 Å². The minimum atomic E-state index is -3.64. The van der Waals surface area contributed by atoms with Crippen LogP contribution in [-0.4, -0.2) is 25.2 Å². The molecular formula is C22H26O4S. The van der Waals surface area contributed by atoms with Crippen molar-refractivity contribution in [1.82, 2.24) is 0 Å². The molecule has 0 heterocycles. The highest BCUT2D eigenvalue weighted by atomic mass is 32.2. The Morgan fingerprint density at radius 3 is 2.30 bits per heavy atom. The average molecular weight is 387 g/mol. The summed E-state index contributed by atoms with van der Waals surface area (Å²) in [5.41, 5.74) is 0.201. The summed E-state index contributed by atoms with van der Waals surface area (Å²) in [6.07, 6.45) is 1.91. The smallest absolute Gasteiger partial charge is 0.202 e. The summed E-state index contributed by atoms with van der Waals surface area (Å²) in [6.45, 7) is 4.00. The van der Waals surface area contributed by atoms with Crippen LogP contribution in [0.1, 0.15) is 32.3 Å². The van der Waals surface area contributed by atoms with E-state index in [1.54, 1.807) is 43.3 Å². The van der Waals surface area contributed by atoms with Crippen molar-refractivity contribution >= 4 is 9.84 Å². The van der Waals surface area contributed by atoms with Crippen molar-refractivity contribution in [3.63, 3.8) is 0 Å². The van der Waals surface area contributed by atoms with Gasteiger partial charge in [0.25, 0.3) is 0 Å². The van der Waals surface area contributed by atoms with E-state index >= 15 is 0 Å². The highest BCUT2D eigenvalue weighted by molar-refractivity contribution is 7.95. The van der Waals surface area contributed by atoms with E-state index in [0.29, 0.717) is 19.4 Å². The summed E-state index contributed by atoms with van der Waals surface area (Å²) in [7, 11) is -3.64. The van der Waals surface area contributed by atoms with E-state index in [-0.39, 0.29) is 9.80 Å². The molecule has 0 amide bonds. The van der Waals surface area contributed by atoms with Crippen LogP contribution in [0.25, 0.3) is 0 Å². The van der Waals surface area contributed by atoms with Crippen LogP contribution in [0.2, 0.25) is 0 Å². The largest absolute Gasteiger partial charge is 0.389 e. The van der Waals surface area contributed by atoms with E-state index < -0.39 is 27.5 Å². The maximum atomic E-state index is 13.1.